The SMILES string of the molecule is [2H]C([2H])([2H])c1ccc(-c2ccnc(-c3[c-]c(-c4cccc5c4nc(-c4cc(C)cc(C)c4O)n5-c4ccc(C(C)(C)C)cc4-c4ccccc4)cc(C(C)(C)C)c3)c2)cc1.[Pt]. The minimum absolute atomic E-state index is 0. The third-order valence-corrected chi connectivity index (χ3v) is 10.8. The Morgan fingerprint density at radius 2 is 1.34 bits per heavy atom. The van der Waals surface area contributed by atoms with Crippen LogP contribution in [0.4, 0.5) is 0 Å². The van der Waals surface area contributed by atoms with Gasteiger partial charge in [-0.05, 0) is 95.2 Å². The van der Waals surface area contributed by atoms with Crippen LogP contribution in [0.15, 0.2) is 134 Å². The molecule has 6 aromatic carbocycles. The summed E-state index contributed by atoms with van der Waals surface area (Å²) < 4.78 is 25.6. The number of pyridine rings is 1. The van der Waals surface area contributed by atoms with Gasteiger partial charge in [-0.2, -0.15) is 0 Å². The van der Waals surface area contributed by atoms with Gasteiger partial charge in [0.25, 0.3) is 0 Å². The van der Waals surface area contributed by atoms with E-state index in [-0.39, 0.29) is 37.6 Å². The van der Waals surface area contributed by atoms with Crippen molar-refractivity contribution < 1.29 is 30.3 Å². The second kappa shape index (κ2) is 15.6. The number of rotatable bonds is 6. The number of aromatic hydroxyl groups is 1. The summed E-state index contributed by atoms with van der Waals surface area (Å²) in [7, 11) is 0. The Morgan fingerprint density at radius 1 is 0.621 bits per heavy atom. The van der Waals surface area contributed by atoms with E-state index in [2.05, 4.69) is 125 Å². The van der Waals surface area contributed by atoms with E-state index < -0.39 is 6.85 Å². The maximum absolute atomic E-state index is 11.7. The van der Waals surface area contributed by atoms with Crippen LogP contribution in [0.3, 0.4) is 0 Å². The van der Waals surface area contributed by atoms with Crippen LogP contribution >= 0.6 is 0 Å². The van der Waals surface area contributed by atoms with Crippen molar-refractivity contribution >= 4 is 11.0 Å². The standard InChI is InChI=1S/C53H50N3O.Pt/c1-33-18-20-36(21-19-33)38-24-25-54-46(31-38)40-28-39(29-42(30-40)53(7,8)9)43-16-13-17-48-49(43)55-51(45-27-34(2)26-35(3)50(45)57)56(48)47-23-22-41(52(4,5)6)32-44(47)37-14-11-10-12-15-37;/h10-27,29-32,57H,1-9H3;/q-1;/i1D3;. The Bertz CT molecular complexity index is 2900. The van der Waals surface area contributed by atoms with Crippen molar-refractivity contribution in [2.24, 2.45) is 0 Å². The zero-order valence-corrected chi connectivity index (χ0v) is 36.6. The summed E-state index contributed by atoms with van der Waals surface area (Å²) in [5, 5.41) is 11.7. The monoisotopic (exact) mass is 942 g/mol. The first-order valence-corrected chi connectivity index (χ1v) is 19.5. The van der Waals surface area contributed by atoms with Gasteiger partial charge in [-0.1, -0.05) is 143 Å². The minimum Gasteiger partial charge on any atom is -0.507 e. The first kappa shape index (κ1) is 36.7. The summed E-state index contributed by atoms with van der Waals surface area (Å²) in [5.41, 5.74) is 14.9. The van der Waals surface area contributed by atoms with Crippen LogP contribution in [-0.4, -0.2) is 19.6 Å². The molecule has 0 unspecified atom stereocenters. The Balaban J connectivity index is 0.00000561. The second-order valence-corrected chi connectivity index (χ2v) is 17.2. The Morgan fingerprint density at radius 3 is 2.05 bits per heavy atom. The van der Waals surface area contributed by atoms with Crippen LogP contribution in [0.1, 0.15) is 73.5 Å². The molecule has 0 aliphatic carbocycles. The Kier molecular flexibility index (Phi) is 9.91. The van der Waals surface area contributed by atoms with E-state index in [9.17, 15) is 5.11 Å². The minimum atomic E-state index is -2.17. The molecule has 8 aromatic rings. The molecule has 1 N–H and O–H groups in total. The summed E-state index contributed by atoms with van der Waals surface area (Å²) in [4.78, 5) is 10.3. The maximum Gasteiger partial charge on any atom is 0.148 e. The molecule has 0 saturated heterocycles. The molecular formula is C53H50N3OPt-. The molecule has 0 aliphatic rings. The predicted molar refractivity (Wildman–Crippen MR) is 238 cm³/mol. The second-order valence-electron chi connectivity index (χ2n) is 17.2. The van der Waals surface area contributed by atoms with E-state index in [0.717, 1.165) is 78.0 Å². The molecular weight excluding hydrogens is 890 g/mol. The average Bonchev–Trinajstić information content (AvgIpc) is 3.60. The number of para-hydroxylation sites is 1. The third kappa shape index (κ3) is 7.83. The molecule has 0 atom stereocenters. The summed E-state index contributed by atoms with van der Waals surface area (Å²) in [6.07, 6.45) is 1.79. The molecule has 0 aliphatic heterocycles. The van der Waals surface area contributed by atoms with Gasteiger partial charge in [0.15, 0.2) is 0 Å². The van der Waals surface area contributed by atoms with E-state index in [0.29, 0.717) is 17.0 Å². The van der Waals surface area contributed by atoms with Gasteiger partial charge in [0, 0.05) is 42.6 Å². The molecule has 2 aromatic heterocycles. The number of aryl methyl sites for hydroxylation is 3. The number of imidazole rings is 1. The van der Waals surface area contributed by atoms with Crippen LogP contribution < -0.4 is 0 Å². The molecule has 58 heavy (non-hydrogen) atoms. The molecule has 0 spiro atoms. The number of hydrogen-bond donors (Lipinski definition) is 1. The molecule has 0 amide bonds. The molecule has 5 heteroatoms. The normalized spacial score (nSPS) is 12.8. The van der Waals surface area contributed by atoms with Crippen LogP contribution in [0.5, 0.6) is 5.75 Å². The summed E-state index contributed by atoms with van der Waals surface area (Å²) in [6.45, 7) is 15.1. The number of nitrogens with zero attached hydrogens (tertiary/aromatic N) is 3. The van der Waals surface area contributed by atoms with Gasteiger partial charge in [0.1, 0.15) is 11.6 Å². The molecule has 2 heterocycles. The molecule has 294 valence electrons. The number of fused-ring (bicyclic) bond motifs is 1. The summed E-state index contributed by atoms with van der Waals surface area (Å²) >= 11 is 0. The van der Waals surface area contributed by atoms with Gasteiger partial charge < -0.3 is 5.11 Å². The fourth-order valence-electron chi connectivity index (χ4n) is 7.62. The molecule has 0 fully saturated rings. The molecule has 0 saturated carbocycles. The first-order valence-electron chi connectivity index (χ1n) is 21.0. The smallest absolute Gasteiger partial charge is 0.148 e. The van der Waals surface area contributed by atoms with E-state index in [4.69, 9.17) is 14.1 Å². The van der Waals surface area contributed by atoms with Crippen molar-refractivity contribution in [3.05, 3.63) is 167 Å². The van der Waals surface area contributed by atoms with E-state index >= 15 is 0 Å². The average molecular weight is 943 g/mol. The molecule has 8 rings (SSSR count). The van der Waals surface area contributed by atoms with Gasteiger partial charge >= 0.3 is 0 Å². The number of aromatic nitrogens is 3. The third-order valence-electron chi connectivity index (χ3n) is 10.8. The van der Waals surface area contributed by atoms with Crippen molar-refractivity contribution in [2.45, 2.75) is 73.1 Å². The summed E-state index contributed by atoms with van der Waals surface area (Å²) in [6, 6.07) is 46.6. The van der Waals surface area contributed by atoms with E-state index in [1.807, 2.05) is 56.3 Å². The van der Waals surface area contributed by atoms with Crippen LogP contribution in [-0.2, 0) is 31.9 Å². The summed E-state index contributed by atoms with van der Waals surface area (Å²) in [5.74, 6) is 0.849. The van der Waals surface area contributed by atoms with Crippen molar-refractivity contribution in [1.82, 2.24) is 14.5 Å². The van der Waals surface area contributed by atoms with Gasteiger partial charge in [-0.15, -0.1) is 29.3 Å². The fourth-order valence-corrected chi connectivity index (χ4v) is 7.62. The maximum atomic E-state index is 11.7. The van der Waals surface area contributed by atoms with Crippen molar-refractivity contribution in [3.8, 4) is 67.5 Å². The van der Waals surface area contributed by atoms with Gasteiger partial charge in [-0.3, -0.25) is 9.55 Å². The zero-order chi connectivity index (χ0) is 42.7. The number of phenolic OH excluding ortho intramolecular Hbond substituents is 1. The topological polar surface area (TPSA) is 50.9 Å². The zero-order valence-electron chi connectivity index (χ0n) is 37.3. The number of hydrogen-bond acceptors (Lipinski definition) is 3. The molecule has 0 bridgehead atoms. The Hall–Kier alpha value is -5.57. The van der Waals surface area contributed by atoms with Crippen LogP contribution in [0, 0.1) is 26.8 Å². The quantitative estimate of drug-likeness (QED) is 0.169. The van der Waals surface area contributed by atoms with Crippen molar-refractivity contribution in [3.63, 3.8) is 0 Å². The van der Waals surface area contributed by atoms with Gasteiger partial charge in [-0.25, -0.2) is 4.98 Å². The molecule has 0 radical (unpaired) electrons. The number of phenols is 1. The van der Waals surface area contributed by atoms with Crippen molar-refractivity contribution in [1.29, 1.82) is 0 Å². The van der Waals surface area contributed by atoms with Crippen LogP contribution in [0.25, 0.3) is 72.7 Å². The molecule has 4 nitrogen and oxygen atoms in total. The van der Waals surface area contributed by atoms with Gasteiger partial charge in [0.2, 0.25) is 0 Å². The fraction of sp³-hybridized carbons (Fsp3) is 0.208. The first-order chi connectivity index (χ1) is 28.4. The van der Waals surface area contributed by atoms with E-state index in [1.54, 1.807) is 18.3 Å². The Labute approximate surface area is 362 Å². The van der Waals surface area contributed by atoms with Crippen LogP contribution in [0.2, 0.25) is 0 Å². The van der Waals surface area contributed by atoms with Gasteiger partial charge in [0.05, 0.1) is 22.3 Å². The van der Waals surface area contributed by atoms with E-state index in [1.165, 1.54) is 5.56 Å². The number of benzene rings is 6. The van der Waals surface area contributed by atoms with Crippen molar-refractivity contribution in [2.75, 3.05) is 0 Å². The predicted octanol–water partition coefficient (Wildman–Crippen LogP) is 13.8. The largest absolute Gasteiger partial charge is 0.507 e.